The number of hydrogen-bond acceptors (Lipinski definition) is 3. The van der Waals surface area contributed by atoms with Gasteiger partial charge in [-0.15, -0.1) is 11.3 Å². The number of hydrogen-bond donors (Lipinski definition) is 0. The average molecular weight is 300 g/mol. The van der Waals surface area contributed by atoms with Gasteiger partial charge in [0.15, 0.2) is 0 Å². The van der Waals surface area contributed by atoms with Crippen LogP contribution in [0.1, 0.15) is 30.9 Å². The highest BCUT2D eigenvalue weighted by atomic mass is 32.1. The van der Waals surface area contributed by atoms with Gasteiger partial charge in [0.25, 0.3) is 5.56 Å². The van der Waals surface area contributed by atoms with Crippen LogP contribution < -0.4 is 19.7 Å². The molecule has 1 aliphatic rings. The molecule has 3 nitrogen and oxygen atoms in total. The number of fused-ring (bicyclic) bond motifs is 1. The van der Waals surface area contributed by atoms with Crippen LogP contribution in [-0.2, 0) is 7.05 Å². The first-order chi connectivity index (χ1) is 9.90. The predicted molar refractivity (Wildman–Crippen MR) is 90.6 cm³/mol. The summed E-state index contributed by atoms with van der Waals surface area (Å²) < 4.78 is 3.13. The first-order valence-electron chi connectivity index (χ1n) is 7.13. The van der Waals surface area contributed by atoms with Gasteiger partial charge in [-0.1, -0.05) is 19.6 Å². The van der Waals surface area contributed by atoms with E-state index in [1.54, 1.807) is 11.6 Å². The summed E-state index contributed by atoms with van der Waals surface area (Å²) in [5.74, 6) is 0.507. The van der Waals surface area contributed by atoms with E-state index < -0.39 is 0 Å². The van der Waals surface area contributed by atoms with E-state index >= 15 is 0 Å². The monoisotopic (exact) mass is 300 g/mol. The Balaban J connectivity index is 2.13. The zero-order valence-corrected chi connectivity index (χ0v) is 13.7. The molecule has 2 atom stereocenters. The van der Waals surface area contributed by atoms with Gasteiger partial charge in [-0.25, -0.2) is 0 Å². The fourth-order valence-electron chi connectivity index (χ4n) is 2.92. The Morgan fingerprint density at radius 1 is 1.29 bits per heavy atom. The molecule has 0 spiro atoms. The van der Waals surface area contributed by atoms with Crippen LogP contribution >= 0.6 is 11.3 Å². The Labute approximate surface area is 128 Å². The number of anilines is 1. The van der Waals surface area contributed by atoms with Crippen molar-refractivity contribution in [3.05, 3.63) is 48.9 Å². The van der Waals surface area contributed by atoms with Gasteiger partial charge in [-0.2, -0.15) is 0 Å². The topological polar surface area (TPSA) is 25.2 Å². The lowest BCUT2D eigenvalue weighted by Crippen LogP contribution is -2.28. The molecule has 0 N–H and O–H groups in total. The molecule has 0 amide bonds. The highest BCUT2D eigenvalue weighted by molar-refractivity contribution is 7.07. The maximum Gasteiger partial charge on any atom is 0.268 e. The Kier molecular flexibility index (Phi) is 3.29. The molecular weight excluding hydrogens is 280 g/mol. The van der Waals surface area contributed by atoms with E-state index in [4.69, 9.17) is 0 Å². The van der Waals surface area contributed by atoms with Crippen LogP contribution in [0.15, 0.2) is 23.0 Å². The SMILES string of the molecule is C=c1s/c(=C\c2ccc3c(c2)C(C)C(C)N3C)c(=O)n1C. The fraction of sp³-hybridized carbons (Fsp3) is 0.353. The van der Waals surface area contributed by atoms with Crippen LogP contribution in [0, 0.1) is 0 Å². The van der Waals surface area contributed by atoms with E-state index in [1.807, 2.05) is 6.08 Å². The zero-order valence-electron chi connectivity index (χ0n) is 12.9. The normalized spacial score (nSPS) is 21.9. The van der Waals surface area contributed by atoms with Crippen molar-refractivity contribution in [3.8, 4) is 0 Å². The van der Waals surface area contributed by atoms with Gasteiger partial charge in [0, 0.05) is 31.7 Å². The molecule has 0 fully saturated rings. The smallest absolute Gasteiger partial charge is 0.268 e. The molecule has 2 unspecified atom stereocenters. The van der Waals surface area contributed by atoms with Crippen LogP contribution in [0.4, 0.5) is 5.69 Å². The summed E-state index contributed by atoms with van der Waals surface area (Å²) in [6.07, 6.45) is 1.97. The Hall–Kier alpha value is -1.81. The van der Waals surface area contributed by atoms with Gasteiger partial charge in [-0.3, -0.25) is 4.79 Å². The number of rotatable bonds is 1. The standard InChI is InChI=1S/C17H20N2OS/c1-10-11(2)18(4)15-7-6-13(8-14(10)15)9-16-17(20)19(5)12(3)21-16/h6-11H,3H2,1-2,4-5H3/b16-9-. The molecular formula is C17H20N2OS. The Morgan fingerprint density at radius 3 is 2.62 bits per heavy atom. The number of thiazole rings is 1. The lowest BCUT2D eigenvalue weighted by Gasteiger charge is -2.20. The minimum atomic E-state index is 0.0315. The fourth-order valence-corrected chi connectivity index (χ4v) is 3.82. The molecule has 110 valence electrons. The lowest BCUT2D eigenvalue weighted by atomic mass is 9.97. The average Bonchev–Trinajstić information content (AvgIpc) is 2.83. The van der Waals surface area contributed by atoms with Crippen LogP contribution in [0.3, 0.4) is 0 Å². The van der Waals surface area contributed by atoms with Crippen molar-refractivity contribution in [2.45, 2.75) is 25.8 Å². The number of likely N-dealkylation sites (N-methyl/N-ethyl adjacent to an activating group) is 1. The highest BCUT2D eigenvalue weighted by Gasteiger charge is 2.29. The molecule has 2 heterocycles. The summed E-state index contributed by atoms with van der Waals surface area (Å²) >= 11 is 1.44. The second-order valence-electron chi connectivity index (χ2n) is 5.83. The van der Waals surface area contributed by atoms with Crippen molar-refractivity contribution in [2.75, 3.05) is 11.9 Å². The number of benzene rings is 1. The van der Waals surface area contributed by atoms with Gasteiger partial charge in [0.1, 0.15) is 0 Å². The van der Waals surface area contributed by atoms with E-state index in [0.29, 0.717) is 12.0 Å². The molecule has 0 saturated heterocycles. The molecule has 0 bridgehead atoms. The maximum absolute atomic E-state index is 12.1. The summed E-state index contributed by atoms with van der Waals surface area (Å²) in [5, 5.41) is 0. The minimum absolute atomic E-state index is 0.0315. The number of aromatic nitrogens is 1. The first-order valence-corrected chi connectivity index (χ1v) is 7.95. The molecule has 1 aromatic heterocycles. The van der Waals surface area contributed by atoms with E-state index in [2.05, 4.69) is 50.6 Å². The van der Waals surface area contributed by atoms with Gasteiger partial charge in [0.05, 0.1) is 9.20 Å². The second-order valence-corrected chi connectivity index (χ2v) is 6.94. The van der Waals surface area contributed by atoms with Crippen LogP contribution in [0.5, 0.6) is 0 Å². The van der Waals surface area contributed by atoms with Gasteiger partial charge in [0.2, 0.25) is 0 Å². The largest absolute Gasteiger partial charge is 0.371 e. The molecule has 4 heteroatoms. The Morgan fingerprint density at radius 2 is 2.00 bits per heavy atom. The molecule has 3 rings (SSSR count). The molecule has 21 heavy (non-hydrogen) atoms. The first kappa shape index (κ1) is 14.1. The van der Waals surface area contributed by atoms with E-state index in [9.17, 15) is 4.79 Å². The summed E-state index contributed by atoms with van der Waals surface area (Å²) in [7, 11) is 3.90. The maximum atomic E-state index is 12.1. The second kappa shape index (κ2) is 4.88. The van der Waals surface area contributed by atoms with Crippen LogP contribution in [-0.4, -0.2) is 17.7 Å². The summed E-state index contributed by atoms with van der Waals surface area (Å²) in [5.41, 5.74) is 3.78. The van der Waals surface area contributed by atoms with E-state index in [-0.39, 0.29) is 5.56 Å². The van der Waals surface area contributed by atoms with Crippen molar-refractivity contribution in [3.63, 3.8) is 0 Å². The third-order valence-corrected chi connectivity index (χ3v) is 5.69. The van der Waals surface area contributed by atoms with E-state index in [0.717, 1.165) is 14.8 Å². The summed E-state index contributed by atoms with van der Waals surface area (Å²) in [6, 6.07) is 6.96. The third kappa shape index (κ3) is 2.14. The third-order valence-electron chi connectivity index (χ3n) is 4.67. The van der Waals surface area contributed by atoms with Crippen molar-refractivity contribution in [1.29, 1.82) is 0 Å². The quantitative estimate of drug-likeness (QED) is 0.800. The Bertz CT molecular complexity index is 862. The van der Waals surface area contributed by atoms with Crippen LogP contribution in [0.2, 0.25) is 0 Å². The summed E-state index contributed by atoms with van der Waals surface area (Å²) in [6.45, 7) is 8.39. The van der Waals surface area contributed by atoms with E-state index in [1.165, 1.54) is 22.6 Å². The van der Waals surface area contributed by atoms with Gasteiger partial charge >= 0.3 is 0 Å². The van der Waals surface area contributed by atoms with Crippen molar-refractivity contribution in [2.24, 2.45) is 7.05 Å². The molecule has 0 aliphatic carbocycles. The molecule has 0 saturated carbocycles. The van der Waals surface area contributed by atoms with Crippen molar-refractivity contribution < 1.29 is 0 Å². The molecule has 1 aromatic carbocycles. The number of nitrogens with zero attached hydrogens (tertiary/aromatic N) is 2. The zero-order chi connectivity index (χ0) is 15.3. The van der Waals surface area contributed by atoms with Gasteiger partial charge in [-0.05, 0) is 36.3 Å². The summed E-state index contributed by atoms with van der Waals surface area (Å²) in [4.78, 5) is 14.4. The van der Waals surface area contributed by atoms with Crippen LogP contribution in [0.25, 0.3) is 12.7 Å². The lowest BCUT2D eigenvalue weighted by molar-refractivity contribution is 0.626. The molecule has 0 radical (unpaired) electrons. The van der Waals surface area contributed by atoms with Crippen molar-refractivity contribution >= 4 is 29.7 Å². The molecule has 1 aliphatic heterocycles. The highest BCUT2D eigenvalue weighted by Crippen LogP contribution is 2.39. The predicted octanol–water partition coefficient (Wildman–Crippen LogP) is 1.63. The van der Waals surface area contributed by atoms with Gasteiger partial charge < -0.3 is 9.47 Å². The minimum Gasteiger partial charge on any atom is -0.371 e. The van der Waals surface area contributed by atoms with Crippen molar-refractivity contribution in [1.82, 2.24) is 4.57 Å². The molecule has 2 aromatic rings.